The van der Waals surface area contributed by atoms with Gasteiger partial charge in [0.1, 0.15) is 11.8 Å². The van der Waals surface area contributed by atoms with Crippen molar-refractivity contribution in [2.24, 2.45) is 0 Å². The van der Waals surface area contributed by atoms with E-state index in [1.165, 1.54) is 12.0 Å². The maximum absolute atomic E-state index is 13.1. The van der Waals surface area contributed by atoms with Crippen LogP contribution in [0.4, 0.5) is 18.9 Å². The molecule has 0 amide bonds. The molecule has 0 bridgehead atoms. The minimum absolute atomic E-state index is 0.00135. The number of hydrogen-bond donors (Lipinski definition) is 0. The van der Waals surface area contributed by atoms with E-state index in [1.807, 2.05) is 6.92 Å². The lowest BCUT2D eigenvalue weighted by Gasteiger charge is -2.37. The minimum Gasteiger partial charge on any atom is -0.497 e. The van der Waals surface area contributed by atoms with E-state index < -0.39 is 12.2 Å². The summed E-state index contributed by atoms with van der Waals surface area (Å²) in [5.41, 5.74) is 1.52. The molecule has 0 radical (unpaired) electrons. The molecule has 1 unspecified atom stereocenters. The Bertz CT molecular complexity index is 465. The van der Waals surface area contributed by atoms with E-state index in [0.717, 1.165) is 5.57 Å². The molecule has 0 saturated carbocycles. The molecule has 104 valence electrons. The summed E-state index contributed by atoms with van der Waals surface area (Å²) in [5.74, 6) is 0.636. The second-order valence-electron chi connectivity index (χ2n) is 4.67. The molecular weight excluding hydrogens is 255 g/mol. The maximum atomic E-state index is 13.1. The Balaban J connectivity index is 2.30. The van der Waals surface area contributed by atoms with E-state index in [2.05, 4.69) is 0 Å². The summed E-state index contributed by atoms with van der Waals surface area (Å²) >= 11 is 0. The molecule has 0 spiro atoms. The van der Waals surface area contributed by atoms with Gasteiger partial charge in [-0.05, 0) is 37.6 Å². The fourth-order valence-electron chi connectivity index (χ4n) is 2.24. The lowest BCUT2D eigenvalue weighted by Crippen LogP contribution is -2.48. The second-order valence-corrected chi connectivity index (χ2v) is 4.67. The lowest BCUT2D eigenvalue weighted by atomic mass is 10.0. The third-order valence-corrected chi connectivity index (χ3v) is 3.27. The molecular formula is C14H16F3NO. The van der Waals surface area contributed by atoms with Crippen molar-refractivity contribution in [1.29, 1.82) is 0 Å². The monoisotopic (exact) mass is 271 g/mol. The molecule has 1 heterocycles. The molecule has 1 aromatic carbocycles. The summed E-state index contributed by atoms with van der Waals surface area (Å²) in [4.78, 5) is 1.40. The maximum Gasteiger partial charge on any atom is 0.409 e. The predicted molar refractivity (Wildman–Crippen MR) is 68.6 cm³/mol. The van der Waals surface area contributed by atoms with Gasteiger partial charge in [-0.1, -0.05) is 11.6 Å². The third kappa shape index (κ3) is 3.03. The van der Waals surface area contributed by atoms with Crippen LogP contribution in [0.1, 0.15) is 13.3 Å². The van der Waals surface area contributed by atoms with Crippen LogP contribution >= 0.6 is 0 Å². The summed E-state index contributed by atoms with van der Waals surface area (Å²) < 4.78 is 44.2. The zero-order chi connectivity index (χ0) is 14.0. The summed E-state index contributed by atoms with van der Waals surface area (Å²) in [6.45, 7) is 2.15. The number of ether oxygens (including phenoxy) is 1. The van der Waals surface area contributed by atoms with Crippen LogP contribution in [-0.2, 0) is 0 Å². The van der Waals surface area contributed by atoms with Crippen LogP contribution in [-0.4, -0.2) is 25.9 Å². The smallest absolute Gasteiger partial charge is 0.409 e. The Morgan fingerprint density at radius 2 is 1.84 bits per heavy atom. The summed E-state index contributed by atoms with van der Waals surface area (Å²) in [7, 11) is 1.53. The first-order valence-electron chi connectivity index (χ1n) is 6.05. The number of halogens is 3. The molecule has 0 aliphatic carbocycles. The zero-order valence-electron chi connectivity index (χ0n) is 10.9. The lowest BCUT2D eigenvalue weighted by molar-refractivity contribution is -0.148. The first-order valence-corrected chi connectivity index (χ1v) is 6.05. The van der Waals surface area contributed by atoms with E-state index in [4.69, 9.17) is 4.74 Å². The molecule has 0 N–H and O–H groups in total. The Kier molecular flexibility index (Phi) is 3.73. The van der Waals surface area contributed by atoms with Gasteiger partial charge in [-0.3, -0.25) is 0 Å². The Hall–Kier alpha value is -1.65. The van der Waals surface area contributed by atoms with Gasteiger partial charge >= 0.3 is 6.18 Å². The van der Waals surface area contributed by atoms with Gasteiger partial charge in [0.2, 0.25) is 0 Å². The number of alkyl halides is 3. The van der Waals surface area contributed by atoms with Gasteiger partial charge in [0.25, 0.3) is 0 Å². The number of nitrogens with zero attached hydrogens (tertiary/aromatic N) is 1. The molecule has 19 heavy (non-hydrogen) atoms. The van der Waals surface area contributed by atoms with Crippen molar-refractivity contribution in [2.45, 2.75) is 25.6 Å². The van der Waals surface area contributed by atoms with Crippen molar-refractivity contribution < 1.29 is 17.9 Å². The van der Waals surface area contributed by atoms with Gasteiger partial charge < -0.3 is 9.64 Å². The van der Waals surface area contributed by atoms with Crippen LogP contribution in [0.25, 0.3) is 0 Å². The van der Waals surface area contributed by atoms with E-state index >= 15 is 0 Å². The molecule has 1 aliphatic rings. The molecule has 2 rings (SSSR count). The van der Waals surface area contributed by atoms with Gasteiger partial charge in [0.05, 0.1) is 7.11 Å². The Morgan fingerprint density at radius 3 is 2.37 bits per heavy atom. The van der Waals surface area contributed by atoms with Gasteiger partial charge in [0, 0.05) is 12.2 Å². The highest BCUT2D eigenvalue weighted by Crippen LogP contribution is 2.34. The van der Waals surface area contributed by atoms with Gasteiger partial charge in [0.15, 0.2) is 0 Å². The van der Waals surface area contributed by atoms with Crippen molar-refractivity contribution in [3.05, 3.63) is 35.9 Å². The van der Waals surface area contributed by atoms with Gasteiger partial charge in [-0.2, -0.15) is 13.2 Å². The van der Waals surface area contributed by atoms with Crippen molar-refractivity contribution in [3.8, 4) is 5.75 Å². The normalized spacial score (nSPS) is 20.2. The van der Waals surface area contributed by atoms with Crippen LogP contribution in [0.5, 0.6) is 5.75 Å². The number of hydrogen-bond acceptors (Lipinski definition) is 2. The van der Waals surface area contributed by atoms with Crippen molar-refractivity contribution >= 4 is 5.69 Å². The SMILES string of the molecule is COc1ccc(N2CC(C)=CCC2C(F)(F)F)cc1. The Morgan fingerprint density at radius 1 is 1.21 bits per heavy atom. The standard InChI is InChI=1S/C14H16F3NO/c1-10-3-8-13(14(15,16)17)18(9-10)11-4-6-12(19-2)7-5-11/h3-7,13H,8-9H2,1-2H3. The fraction of sp³-hybridized carbons (Fsp3) is 0.429. The molecule has 0 aromatic heterocycles. The van der Waals surface area contributed by atoms with E-state index in [9.17, 15) is 13.2 Å². The largest absolute Gasteiger partial charge is 0.497 e. The number of rotatable bonds is 2. The number of anilines is 1. The minimum atomic E-state index is -4.23. The summed E-state index contributed by atoms with van der Waals surface area (Å²) in [5, 5.41) is 0. The van der Waals surface area contributed by atoms with Crippen molar-refractivity contribution in [3.63, 3.8) is 0 Å². The number of benzene rings is 1. The fourth-order valence-corrected chi connectivity index (χ4v) is 2.24. The van der Waals surface area contributed by atoms with Crippen LogP contribution in [0.2, 0.25) is 0 Å². The van der Waals surface area contributed by atoms with Gasteiger partial charge in [-0.25, -0.2) is 0 Å². The molecule has 1 atom stereocenters. The van der Waals surface area contributed by atoms with Crippen LogP contribution in [0, 0.1) is 0 Å². The molecule has 1 aliphatic heterocycles. The average Bonchev–Trinajstić information content (AvgIpc) is 2.37. The molecule has 0 saturated heterocycles. The zero-order valence-corrected chi connectivity index (χ0v) is 10.9. The van der Waals surface area contributed by atoms with Gasteiger partial charge in [-0.15, -0.1) is 0 Å². The second kappa shape index (κ2) is 5.15. The number of methoxy groups -OCH3 is 1. The predicted octanol–water partition coefficient (Wildman–Crippen LogP) is 3.78. The highest BCUT2D eigenvalue weighted by atomic mass is 19.4. The third-order valence-electron chi connectivity index (χ3n) is 3.27. The van der Waals surface area contributed by atoms with E-state index in [1.54, 1.807) is 30.3 Å². The van der Waals surface area contributed by atoms with E-state index in [0.29, 0.717) is 18.0 Å². The average molecular weight is 271 g/mol. The molecule has 5 heteroatoms. The quantitative estimate of drug-likeness (QED) is 0.759. The Labute approximate surface area is 110 Å². The molecule has 1 aromatic rings. The van der Waals surface area contributed by atoms with E-state index in [-0.39, 0.29) is 6.42 Å². The topological polar surface area (TPSA) is 12.5 Å². The van der Waals surface area contributed by atoms with Crippen LogP contribution in [0.15, 0.2) is 35.9 Å². The highest BCUT2D eigenvalue weighted by molar-refractivity contribution is 5.52. The van der Waals surface area contributed by atoms with Crippen LogP contribution < -0.4 is 9.64 Å². The van der Waals surface area contributed by atoms with Crippen LogP contribution in [0.3, 0.4) is 0 Å². The van der Waals surface area contributed by atoms with Crippen molar-refractivity contribution in [2.75, 3.05) is 18.6 Å². The highest BCUT2D eigenvalue weighted by Gasteiger charge is 2.44. The molecule has 2 nitrogen and oxygen atoms in total. The summed E-state index contributed by atoms with van der Waals surface area (Å²) in [6.07, 6.45) is -2.56. The summed E-state index contributed by atoms with van der Waals surface area (Å²) in [6, 6.07) is 5.23. The first kappa shape index (κ1) is 13.8. The first-order chi connectivity index (χ1) is 8.91. The van der Waals surface area contributed by atoms with Crippen molar-refractivity contribution in [1.82, 2.24) is 0 Å². The molecule has 0 fully saturated rings.